The van der Waals surface area contributed by atoms with Crippen molar-refractivity contribution in [3.8, 4) is 0 Å². The summed E-state index contributed by atoms with van der Waals surface area (Å²) in [5, 5.41) is 7.75. The molecule has 0 aromatic carbocycles. The maximum absolute atomic E-state index is 11.8. The van der Waals surface area contributed by atoms with Crippen LogP contribution < -0.4 is 5.73 Å². The fourth-order valence-corrected chi connectivity index (χ4v) is 1.79. The number of methoxy groups -OCH3 is 1. The number of rotatable bonds is 8. The van der Waals surface area contributed by atoms with Crippen LogP contribution in [0.3, 0.4) is 0 Å². The maximum Gasteiger partial charge on any atom is 0.309 e. The molecule has 18 heavy (non-hydrogen) atoms. The molecule has 0 spiro atoms. The Kier molecular flexibility index (Phi) is 7.67. The van der Waals surface area contributed by atoms with Crippen molar-refractivity contribution in [2.45, 2.75) is 26.2 Å². The topological polar surface area (TPSA) is 88.5 Å². The van der Waals surface area contributed by atoms with Gasteiger partial charge in [0.2, 0.25) is 0 Å². The van der Waals surface area contributed by atoms with Gasteiger partial charge in [0, 0.05) is 18.7 Å². The molecular formula is C13H23N3O2. The Morgan fingerprint density at radius 1 is 1.56 bits per heavy atom. The van der Waals surface area contributed by atoms with E-state index in [-0.39, 0.29) is 11.9 Å². The molecular weight excluding hydrogens is 230 g/mol. The normalized spacial score (nSPS) is 14.7. The van der Waals surface area contributed by atoms with Crippen LogP contribution in [0.2, 0.25) is 0 Å². The zero-order valence-electron chi connectivity index (χ0n) is 11.4. The first-order chi connectivity index (χ1) is 8.51. The Morgan fingerprint density at radius 3 is 2.56 bits per heavy atom. The number of carbonyl (C=O) groups excluding carboxylic acids is 1. The number of aliphatic imine (C=N–C) groups is 1. The molecule has 0 saturated carbocycles. The van der Waals surface area contributed by atoms with Crippen LogP contribution >= 0.6 is 0 Å². The predicted molar refractivity (Wildman–Crippen MR) is 74.0 cm³/mol. The highest BCUT2D eigenvalue weighted by Gasteiger charge is 2.31. The molecule has 0 radical (unpaired) electrons. The molecule has 0 amide bonds. The number of hydrogen-bond donors (Lipinski definition) is 2. The van der Waals surface area contributed by atoms with Gasteiger partial charge in [-0.25, -0.2) is 0 Å². The van der Waals surface area contributed by atoms with E-state index in [1.165, 1.54) is 7.11 Å². The van der Waals surface area contributed by atoms with E-state index in [2.05, 4.69) is 11.6 Å². The predicted octanol–water partition coefficient (Wildman–Crippen LogP) is 1.77. The fraction of sp³-hybridized carbons (Fsp3) is 0.615. The molecule has 0 aliphatic heterocycles. The zero-order chi connectivity index (χ0) is 14.1. The van der Waals surface area contributed by atoms with Crippen molar-refractivity contribution in [2.75, 3.05) is 14.2 Å². The van der Waals surface area contributed by atoms with Crippen LogP contribution in [0.15, 0.2) is 17.6 Å². The summed E-state index contributed by atoms with van der Waals surface area (Å²) in [5.41, 5.74) is 6.34. The summed E-state index contributed by atoms with van der Waals surface area (Å²) in [7, 11) is 2.93. The average Bonchev–Trinajstić information content (AvgIpc) is 2.40. The van der Waals surface area contributed by atoms with Crippen molar-refractivity contribution in [1.82, 2.24) is 0 Å². The van der Waals surface area contributed by atoms with Gasteiger partial charge in [-0.2, -0.15) is 0 Å². The number of esters is 1. The zero-order valence-corrected chi connectivity index (χ0v) is 11.4. The van der Waals surface area contributed by atoms with Gasteiger partial charge < -0.3 is 15.9 Å². The van der Waals surface area contributed by atoms with Crippen molar-refractivity contribution >= 4 is 17.5 Å². The van der Waals surface area contributed by atoms with Gasteiger partial charge in [0.05, 0.1) is 18.9 Å². The summed E-state index contributed by atoms with van der Waals surface area (Å²) >= 11 is 0. The molecule has 3 N–H and O–H groups in total. The van der Waals surface area contributed by atoms with Crippen LogP contribution in [-0.2, 0) is 9.53 Å². The van der Waals surface area contributed by atoms with Crippen molar-refractivity contribution in [2.24, 2.45) is 22.6 Å². The molecule has 0 aliphatic carbocycles. The highest BCUT2D eigenvalue weighted by molar-refractivity contribution is 5.92. The molecule has 5 nitrogen and oxygen atoms in total. The molecule has 0 saturated heterocycles. The minimum Gasteiger partial charge on any atom is -0.469 e. The standard InChI is InChI=1S/C13H23N3O2/c1-5-7-10(12(15)16-3)11(13(17)18-4)8-9(14)6-2/h5,10-11,14H,1,6-8H2,2-4H3,(H2,15,16). The molecule has 2 atom stereocenters. The largest absolute Gasteiger partial charge is 0.469 e. The van der Waals surface area contributed by atoms with Gasteiger partial charge in [0.1, 0.15) is 0 Å². The summed E-state index contributed by atoms with van der Waals surface area (Å²) in [6.07, 6.45) is 3.20. The molecule has 2 unspecified atom stereocenters. The summed E-state index contributed by atoms with van der Waals surface area (Å²) in [4.78, 5) is 15.8. The fourth-order valence-electron chi connectivity index (χ4n) is 1.79. The van der Waals surface area contributed by atoms with E-state index in [4.69, 9.17) is 15.9 Å². The van der Waals surface area contributed by atoms with Gasteiger partial charge in [-0.1, -0.05) is 13.0 Å². The highest BCUT2D eigenvalue weighted by atomic mass is 16.5. The molecule has 0 heterocycles. The first-order valence-electron chi connectivity index (χ1n) is 5.98. The second-order valence-corrected chi connectivity index (χ2v) is 4.07. The van der Waals surface area contributed by atoms with E-state index in [9.17, 15) is 4.79 Å². The van der Waals surface area contributed by atoms with Crippen LogP contribution in [0.5, 0.6) is 0 Å². The van der Waals surface area contributed by atoms with Crippen molar-refractivity contribution in [3.63, 3.8) is 0 Å². The van der Waals surface area contributed by atoms with Crippen LogP contribution in [0.4, 0.5) is 0 Å². The maximum atomic E-state index is 11.8. The summed E-state index contributed by atoms with van der Waals surface area (Å²) in [6, 6.07) is 0. The molecule has 102 valence electrons. The average molecular weight is 253 g/mol. The number of nitrogens with zero attached hydrogens (tertiary/aromatic N) is 1. The minimum absolute atomic E-state index is 0.258. The van der Waals surface area contributed by atoms with Crippen LogP contribution in [0.1, 0.15) is 26.2 Å². The molecule has 0 aromatic heterocycles. The lowest BCUT2D eigenvalue weighted by atomic mass is 9.84. The van der Waals surface area contributed by atoms with Gasteiger partial charge in [-0.15, -0.1) is 6.58 Å². The summed E-state index contributed by atoms with van der Waals surface area (Å²) in [6.45, 7) is 5.55. The van der Waals surface area contributed by atoms with Gasteiger partial charge in [-0.3, -0.25) is 9.79 Å². The second kappa shape index (κ2) is 8.44. The number of nitrogens with two attached hydrogens (primary N) is 1. The Morgan fingerprint density at radius 2 is 2.17 bits per heavy atom. The third-order valence-electron chi connectivity index (χ3n) is 2.94. The van der Waals surface area contributed by atoms with Gasteiger partial charge in [0.25, 0.3) is 0 Å². The number of ether oxygens (including phenoxy) is 1. The lowest BCUT2D eigenvalue weighted by Gasteiger charge is -2.23. The number of amidine groups is 1. The third-order valence-corrected chi connectivity index (χ3v) is 2.94. The Labute approximate surface area is 109 Å². The monoisotopic (exact) mass is 253 g/mol. The van der Waals surface area contributed by atoms with E-state index in [1.54, 1.807) is 13.1 Å². The number of nitrogens with one attached hydrogen (secondary N) is 1. The van der Waals surface area contributed by atoms with Crippen LogP contribution in [-0.4, -0.2) is 31.7 Å². The molecule has 0 rings (SSSR count). The number of allylic oxidation sites excluding steroid dienone is 1. The smallest absolute Gasteiger partial charge is 0.309 e. The first-order valence-corrected chi connectivity index (χ1v) is 5.98. The van der Waals surface area contributed by atoms with Crippen molar-refractivity contribution in [1.29, 1.82) is 5.41 Å². The van der Waals surface area contributed by atoms with Crippen LogP contribution in [0, 0.1) is 17.2 Å². The molecule has 0 aliphatic rings. The van der Waals surface area contributed by atoms with Crippen molar-refractivity contribution < 1.29 is 9.53 Å². The summed E-state index contributed by atoms with van der Waals surface area (Å²) in [5.74, 6) is -0.683. The van der Waals surface area contributed by atoms with E-state index in [0.29, 0.717) is 30.8 Å². The lowest BCUT2D eigenvalue weighted by Crippen LogP contribution is -2.36. The minimum atomic E-state index is -0.468. The SMILES string of the molecule is C=CCC(C(N)=NC)C(CC(=N)CC)C(=O)OC. The second-order valence-electron chi connectivity index (χ2n) is 4.07. The van der Waals surface area contributed by atoms with E-state index >= 15 is 0 Å². The molecule has 0 fully saturated rings. The third kappa shape index (κ3) is 4.69. The number of carbonyl (C=O) groups is 1. The van der Waals surface area contributed by atoms with Gasteiger partial charge in [-0.05, 0) is 19.3 Å². The van der Waals surface area contributed by atoms with Crippen molar-refractivity contribution in [3.05, 3.63) is 12.7 Å². The van der Waals surface area contributed by atoms with Gasteiger partial charge >= 0.3 is 5.97 Å². The molecule has 5 heteroatoms. The number of hydrogen-bond acceptors (Lipinski definition) is 4. The summed E-state index contributed by atoms with van der Waals surface area (Å²) < 4.78 is 4.80. The molecule has 0 bridgehead atoms. The molecule has 0 aromatic rings. The van der Waals surface area contributed by atoms with E-state index in [1.807, 2.05) is 6.92 Å². The first kappa shape index (κ1) is 16.4. The van der Waals surface area contributed by atoms with Gasteiger partial charge in [0.15, 0.2) is 0 Å². The van der Waals surface area contributed by atoms with E-state index < -0.39 is 5.92 Å². The highest BCUT2D eigenvalue weighted by Crippen LogP contribution is 2.23. The quantitative estimate of drug-likeness (QED) is 0.299. The van der Waals surface area contributed by atoms with E-state index in [0.717, 1.165) is 0 Å². The Bertz CT molecular complexity index is 337. The lowest BCUT2D eigenvalue weighted by molar-refractivity contribution is -0.146. The Hall–Kier alpha value is -1.65. The van der Waals surface area contributed by atoms with Crippen LogP contribution in [0.25, 0.3) is 0 Å². The Balaban J connectivity index is 5.15.